The van der Waals surface area contributed by atoms with Crippen LogP contribution in [-0.2, 0) is 9.16 Å². The van der Waals surface area contributed by atoms with Crippen molar-refractivity contribution in [2.24, 2.45) is 0 Å². The number of aliphatic hydroxyl groups is 1. The van der Waals surface area contributed by atoms with Crippen LogP contribution in [0.5, 0.6) is 0 Å². The number of nitrogens with two attached hydrogens (primary N) is 1. The van der Waals surface area contributed by atoms with Gasteiger partial charge in [-0.05, 0) is 18.6 Å². The van der Waals surface area contributed by atoms with Crippen LogP contribution in [-0.4, -0.2) is 46.8 Å². The first-order chi connectivity index (χ1) is 11.4. The summed E-state index contributed by atoms with van der Waals surface area (Å²) in [6, 6.07) is 0. The molecule has 2 heterocycles. The Labute approximate surface area is 142 Å². The Morgan fingerprint density at radius 2 is 2.17 bits per heavy atom. The minimum Gasteiger partial charge on any atom is -0.414 e. The van der Waals surface area contributed by atoms with E-state index in [1.165, 1.54) is 36.6 Å². The first kappa shape index (κ1) is 17.5. The number of rotatable bonds is 5. The third kappa shape index (κ3) is 3.69. The van der Waals surface area contributed by atoms with Gasteiger partial charge in [0.2, 0.25) is 5.95 Å². The third-order valence-corrected chi connectivity index (χ3v) is 8.67. The predicted molar refractivity (Wildman–Crippen MR) is 90.9 cm³/mol. The van der Waals surface area contributed by atoms with Crippen LogP contribution in [0.25, 0.3) is 0 Å². The van der Waals surface area contributed by atoms with Gasteiger partial charge in [0.1, 0.15) is 18.7 Å². The van der Waals surface area contributed by atoms with Gasteiger partial charge in [0, 0.05) is 6.42 Å². The number of nitrogens with zero attached hydrogens (tertiary/aromatic N) is 3. The second-order valence-corrected chi connectivity index (χ2v) is 11.5. The molecule has 2 fully saturated rings. The fourth-order valence-corrected chi connectivity index (χ4v) is 6.25. The molecule has 2 aliphatic rings. The van der Waals surface area contributed by atoms with Gasteiger partial charge in [0.15, 0.2) is 8.32 Å². The van der Waals surface area contributed by atoms with Crippen molar-refractivity contribution in [1.29, 1.82) is 0 Å². The molecule has 1 aromatic rings. The van der Waals surface area contributed by atoms with Crippen molar-refractivity contribution < 1.29 is 14.3 Å². The molecule has 3 N–H and O–H groups in total. The minimum absolute atomic E-state index is 0.0704. The summed E-state index contributed by atoms with van der Waals surface area (Å²) in [5.74, 6) is -0.0704. The fraction of sp³-hybridized carbons (Fsp3) is 0.800. The maximum absolute atomic E-state index is 11.9. The number of nitrogen functional groups attached to an aromatic ring is 1. The SMILES string of the molecule is C[Si](C)(OC[C@H]1O[C@@H](n2cnc(N)nc2=O)C[C@@H]1O)C1CCCC1. The van der Waals surface area contributed by atoms with Gasteiger partial charge in [0.25, 0.3) is 0 Å². The van der Waals surface area contributed by atoms with Crippen molar-refractivity contribution in [2.45, 2.75) is 69.2 Å². The maximum Gasteiger partial charge on any atom is 0.354 e. The van der Waals surface area contributed by atoms with Gasteiger partial charge in [-0.25, -0.2) is 9.78 Å². The second kappa shape index (κ2) is 6.91. The number of anilines is 1. The molecule has 0 aromatic carbocycles. The van der Waals surface area contributed by atoms with E-state index in [9.17, 15) is 9.90 Å². The molecule has 3 atom stereocenters. The molecule has 8 nitrogen and oxygen atoms in total. The Morgan fingerprint density at radius 1 is 1.46 bits per heavy atom. The number of aliphatic hydroxyl groups excluding tert-OH is 1. The van der Waals surface area contributed by atoms with E-state index in [4.69, 9.17) is 14.9 Å². The van der Waals surface area contributed by atoms with Crippen molar-refractivity contribution in [1.82, 2.24) is 14.5 Å². The van der Waals surface area contributed by atoms with E-state index in [1.54, 1.807) is 0 Å². The Morgan fingerprint density at radius 3 is 2.83 bits per heavy atom. The van der Waals surface area contributed by atoms with Crippen LogP contribution in [0.15, 0.2) is 11.1 Å². The largest absolute Gasteiger partial charge is 0.414 e. The maximum atomic E-state index is 11.9. The molecule has 0 amide bonds. The van der Waals surface area contributed by atoms with Crippen LogP contribution >= 0.6 is 0 Å². The fourth-order valence-electron chi connectivity index (χ4n) is 3.62. The van der Waals surface area contributed by atoms with E-state index in [-0.39, 0.29) is 5.95 Å². The lowest BCUT2D eigenvalue weighted by Gasteiger charge is -2.31. The topological polar surface area (TPSA) is 112 Å². The molecule has 134 valence electrons. The molecule has 0 radical (unpaired) electrons. The van der Waals surface area contributed by atoms with Crippen LogP contribution in [0.3, 0.4) is 0 Å². The second-order valence-electron chi connectivity index (χ2n) is 7.23. The lowest BCUT2D eigenvalue weighted by molar-refractivity contribution is -0.0432. The van der Waals surface area contributed by atoms with Crippen LogP contribution in [0.1, 0.15) is 38.3 Å². The van der Waals surface area contributed by atoms with E-state index >= 15 is 0 Å². The average Bonchev–Trinajstić information content (AvgIpc) is 3.15. The van der Waals surface area contributed by atoms with Crippen LogP contribution in [0, 0.1) is 0 Å². The van der Waals surface area contributed by atoms with Crippen LogP contribution < -0.4 is 11.4 Å². The Kier molecular flexibility index (Phi) is 5.04. The molecule has 0 bridgehead atoms. The van der Waals surface area contributed by atoms with Crippen LogP contribution in [0.2, 0.25) is 18.6 Å². The lowest BCUT2D eigenvalue weighted by atomic mass is 10.2. The van der Waals surface area contributed by atoms with E-state index in [1.807, 2.05) is 0 Å². The monoisotopic (exact) mass is 354 g/mol. The first-order valence-corrected chi connectivity index (χ1v) is 11.5. The Bertz CT molecular complexity index is 632. The van der Waals surface area contributed by atoms with Gasteiger partial charge in [0.05, 0.1) is 12.7 Å². The molecule has 1 saturated heterocycles. The lowest BCUT2D eigenvalue weighted by Crippen LogP contribution is -2.40. The van der Waals surface area contributed by atoms with Gasteiger partial charge in [-0.15, -0.1) is 0 Å². The molecule has 1 aliphatic heterocycles. The van der Waals surface area contributed by atoms with E-state index in [0.29, 0.717) is 18.6 Å². The number of aromatic nitrogens is 3. The summed E-state index contributed by atoms with van der Waals surface area (Å²) in [4.78, 5) is 19.3. The summed E-state index contributed by atoms with van der Waals surface area (Å²) in [6.45, 7) is 4.83. The summed E-state index contributed by atoms with van der Waals surface area (Å²) >= 11 is 0. The standard InChI is InChI=1S/C15H26N4O4Si/c1-24(2,10-5-3-4-6-10)22-8-12-11(20)7-13(23-12)19-9-17-14(16)18-15(19)21/h9-13,20H,3-8H2,1-2H3,(H2,16,18,21)/t11-,12+,13+/m0/s1. The molecule has 0 unspecified atom stereocenters. The Balaban J connectivity index is 1.60. The van der Waals surface area contributed by atoms with Gasteiger partial charge in [-0.1, -0.05) is 25.7 Å². The molecule has 9 heteroatoms. The summed E-state index contributed by atoms with van der Waals surface area (Å²) in [6.07, 6.45) is 4.99. The van der Waals surface area contributed by atoms with Crippen molar-refractivity contribution >= 4 is 14.3 Å². The van der Waals surface area contributed by atoms with Crippen molar-refractivity contribution in [3.63, 3.8) is 0 Å². The molecule has 0 spiro atoms. The number of ether oxygens (including phenoxy) is 1. The summed E-state index contributed by atoms with van der Waals surface area (Å²) in [7, 11) is -1.79. The summed E-state index contributed by atoms with van der Waals surface area (Å²) in [5.41, 5.74) is 5.55. The van der Waals surface area contributed by atoms with Gasteiger partial charge in [-0.3, -0.25) is 4.57 Å². The number of hydrogen-bond acceptors (Lipinski definition) is 7. The normalized spacial score (nSPS) is 28.5. The molecular weight excluding hydrogens is 328 g/mol. The first-order valence-electron chi connectivity index (χ1n) is 8.55. The smallest absolute Gasteiger partial charge is 0.354 e. The molecule has 3 rings (SSSR count). The van der Waals surface area contributed by atoms with Gasteiger partial charge in [-0.2, -0.15) is 4.98 Å². The highest BCUT2D eigenvalue weighted by Crippen LogP contribution is 2.39. The zero-order chi connectivity index (χ0) is 17.3. The van der Waals surface area contributed by atoms with Gasteiger partial charge < -0.3 is 20.0 Å². The summed E-state index contributed by atoms with van der Waals surface area (Å²) in [5, 5.41) is 10.3. The predicted octanol–water partition coefficient (Wildman–Crippen LogP) is 1.03. The quantitative estimate of drug-likeness (QED) is 0.759. The van der Waals surface area contributed by atoms with E-state index in [2.05, 4.69) is 23.1 Å². The molecule has 1 aliphatic carbocycles. The van der Waals surface area contributed by atoms with Crippen molar-refractivity contribution in [3.8, 4) is 0 Å². The zero-order valence-electron chi connectivity index (χ0n) is 14.2. The highest BCUT2D eigenvalue weighted by molar-refractivity contribution is 6.72. The molecular formula is C15H26N4O4Si. The number of hydrogen-bond donors (Lipinski definition) is 2. The van der Waals surface area contributed by atoms with E-state index in [0.717, 1.165) is 0 Å². The average molecular weight is 354 g/mol. The van der Waals surface area contributed by atoms with Crippen molar-refractivity contribution in [2.75, 3.05) is 12.3 Å². The minimum atomic E-state index is -1.79. The summed E-state index contributed by atoms with van der Waals surface area (Å²) < 4.78 is 13.3. The third-order valence-electron chi connectivity index (χ3n) is 5.22. The Hall–Kier alpha value is -1.29. The highest BCUT2D eigenvalue weighted by Gasteiger charge is 2.40. The van der Waals surface area contributed by atoms with Gasteiger partial charge >= 0.3 is 5.69 Å². The van der Waals surface area contributed by atoms with E-state index < -0.39 is 32.4 Å². The molecule has 24 heavy (non-hydrogen) atoms. The highest BCUT2D eigenvalue weighted by atomic mass is 28.4. The molecule has 1 aromatic heterocycles. The zero-order valence-corrected chi connectivity index (χ0v) is 15.2. The van der Waals surface area contributed by atoms with Crippen LogP contribution in [0.4, 0.5) is 5.95 Å². The van der Waals surface area contributed by atoms with Crippen molar-refractivity contribution in [3.05, 3.63) is 16.8 Å². The molecule has 1 saturated carbocycles.